The van der Waals surface area contributed by atoms with Gasteiger partial charge in [-0.1, -0.05) is 12.1 Å². The predicted octanol–water partition coefficient (Wildman–Crippen LogP) is 2.85. The normalized spacial score (nSPS) is 21.5. The van der Waals surface area contributed by atoms with Crippen LogP contribution in [0.15, 0.2) is 36.5 Å². The van der Waals surface area contributed by atoms with Gasteiger partial charge in [0.25, 0.3) is 0 Å². The Labute approximate surface area is 166 Å². The number of hydrogen-bond acceptors (Lipinski definition) is 5. The zero-order valence-corrected chi connectivity index (χ0v) is 16.7. The van der Waals surface area contributed by atoms with Crippen LogP contribution in [0.1, 0.15) is 30.5 Å². The first-order valence-electron chi connectivity index (χ1n) is 10.1. The molecule has 2 atom stereocenters. The van der Waals surface area contributed by atoms with E-state index >= 15 is 0 Å². The number of likely N-dealkylation sites (tertiary alicyclic amines) is 1. The molecule has 6 heteroatoms. The maximum Gasteiger partial charge on any atom is 0.225 e. The van der Waals surface area contributed by atoms with Crippen LogP contribution in [0.3, 0.4) is 0 Å². The molecule has 2 fully saturated rings. The number of fused-ring (bicyclic) bond motifs is 1. The maximum absolute atomic E-state index is 12.9. The summed E-state index contributed by atoms with van der Waals surface area (Å²) < 4.78 is 5.20. The molecule has 2 unspecified atom stereocenters. The van der Waals surface area contributed by atoms with Crippen molar-refractivity contribution in [3.63, 3.8) is 0 Å². The van der Waals surface area contributed by atoms with Gasteiger partial charge >= 0.3 is 0 Å². The van der Waals surface area contributed by atoms with Crippen molar-refractivity contribution in [3.8, 4) is 5.75 Å². The monoisotopic (exact) mass is 380 g/mol. The van der Waals surface area contributed by atoms with Crippen LogP contribution in [0.25, 0.3) is 0 Å². The van der Waals surface area contributed by atoms with Gasteiger partial charge in [-0.15, -0.1) is 0 Å². The second kappa shape index (κ2) is 8.17. The number of aromatic nitrogens is 2. The van der Waals surface area contributed by atoms with Gasteiger partial charge in [-0.3, -0.25) is 4.79 Å². The number of nitrogens with zero attached hydrogens (tertiary/aromatic N) is 4. The zero-order valence-electron chi connectivity index (χ0n) is 16.7. The molecule has 1 amide bonds. The SMILES string of the molecule is COc1ccc(CCC(=O)N2CCC3CCN(c4nccc(C)n4)CC32)cc1. The average Bonchev–Trinajstić information content (AvgIpc) is 3.15. The largest absolute Gasteiger partial charge is 0.497 e. The number of methoxy groups -OCH3 is 1. The van der Waals surface area contributed by atoms with Crippen molar-refractivity contribution in [1.82, 2.24) is 14.9 Å². The Morgan fingerprint density at radius 2 is 1.96 bits per heavy atom. The van der Waals surface area contributed by atoms with Gasteiger partial charge in [0.15, 0.2) is 0 Å². The molecule has 2 saturated heterocycles. The summed E-state index contributed by atoms with van der Waals surface area (Å²) in [5, 5.41) is 0. The van der Waals surface area contributed by atoms with Crippen LogP contribution in [0.2, 0.25) is 0 Å². The van der Waals surface area contributed by atoms with Crippen LogP contribution in [-0.4, -0.2) is 53.6 Å². The summed E-state index contributed by atoms with van der Waals surface area (Å²) >= 11 is 0. The van der Waals surface area contributed by atoms with Gasteiger partial charge in [-0.25, -0.2) is 9.97 Å². The van der Waals surface area contributed by atoms with Crippen LogP contribution >= 0.6 is 0 Å². The third kappa shape index (κ3) is 3.96. The highest BCUT2D eigenvalue weighted by atomic mass is 16.5. The Bertz CT molecular complexity index is 824. The Morgan fingerprint density at radius 3 is 2.71 bits per heavy atom. The standard InChI is InChI=1S/C22H28N4O2/c1-16-9-12-23-22(24-16)25-13-10-18-11-14-26(20(18)15-25)21(27)8-5-17-3-6-19(28-2)7-4-17/h3-4,6-7,9,12,18,20H,5,8,10-11,13-15H2,1-2H3. The van der Waals surface area contributed by atoms with E-state index in [1.165, 1.54) is 5.56 Å². The van der Waals surface area contributed by atoms with Crippen LogP contribution in [0.5, 0.6) is 5.75 Å². The molecule has 0 bridgehead atoms. The fourth-order valence-corrected chi connectivity index (χ4v) is 4.41. The minimum Gasteiger partial charge on any atom is -0.497 e. The van der Waals surface area contributed by atoms with E-state index in [1.807, 2.05) is 43.5 Å². The molecule has 0 spiro atoms. The molecule has 0 aliphatic carbocycles. The Hall–Kier alpha value is -2.63. The van der Waals surface area contributed by atoms with E-state index < -0.39 is 0 Å². The summed E-state index contributed by atoms with van der Waals surface area (Å²) in [6.07, 6.45) is 5.35. The minimum atomic E-state index is 0.260. The fourth-order valence-electron chi connectivity index (χ4n) is 4.41. The second-order valence-corrected chi connectivity index (χ2v) is 7.78. The van der Waals surface area contributed by atoms with Crippen molar-refractivity contribution in [2.75, 3.05) is 31.6 Å². The van der Waals surface area contributed by atoms with E-state index in [1.54, 1.807) is 7.11 Å². The first kappa shape index (κ1) is 18.7. The zero-order chi connectivity index (χ0) is 19.5. The van der Waals surface area contributed by atoms with Gasteiger partial charge in [0, 0.05) is 37.9 Å². The summed E-state index contributed by atoms with van der Waals surface area (Å²) in [7, 11) is 1.66. The molecule has 4 rings (SSSR count). The Kier molecular flexibility index (Phi) is 5.46. The first-order valence-corrected chi connectivity index (χ1v) is 10.1. The highest BCUT2D eigenvalue weighted by Gasteiger charge is 2.40. The van der Waals surface area contributed by atoms with Crippen molar-refractivity contribution in [1.29, 1.82) is 0 Å². The van der Waals surface area contributed by atoms with Gasteiger partial charge in [-0.2, -0.15) is 0 Å². The molecule has 0 radical (unpaired) electrons. The fraction of sp³-hybridized carbons (Fsp3) is 0.500. The smallest absolute Gasteiger partial charge is 0.225 e. The number of anilines is 1. The van der Waals surface area contributed by atoms with Crippen molar-refractivity contribution in [2.45, 2.75) is 38.6 Å². The van der Waals surface area contributed by atoms with Gasteiger partial charge in [0.1, 0.15) is 5.75 Å². The first-order chi connectivity index (χ1) is 13.6. The van der Waals surface area contributed by atoms with E-state index in [0.717, 1.165) is 56.3 Å². The highest BCUT2D eigenvalue weighted by molar-refractivity contribution is 5.77. The molecule has 2 aliphatic rings. The molecule has 2 aliphatic heterocycles. The number of hydrogen-bond donors (Lipinski definition) is 0. The van der Waals surface area contributed by atoms with Crippen LogP contribution < -0.4 is 9.64 Å². The molecule has 1 aromatic carbocycles. The molecular weight excluding hydrogens is 352 g/mol. The third-order valence-corrected chi connectivity index (χ3v) is 6.03. The van der Waals surface area contributed by atoms with Gasteiger partial charge in [-0.05, 0) is 55.9 Å². The number of ether oxygens (including phenoxy) is 1. The maximum atomic E-state index is 12.9. The Balaban J connectivity index is 1.38. The van der Waals surface area contributed by atoms with Gasteiger partial charge in [0.05, 0.1) is 13.2 Å². The van der Waals surface area contributed by atoms with Crippen LogP contribution in [-0.2, 0) is 11.2 Å². The summed E-state index contributed by atoms with van der Waals surface area (Å²) in [6.45, 7) is 4.67. The molecular formula is C22H28N4O2. The van der Waals surface area contributed by atoms with E-state index in [0.29, 0.717) is 12.3 Å². The highest BCUT2D eigenvalue weighted by Crippen LogP contribution is 2.33. The van der Waals surface area contributed by atoms with E-state index in [2.05, 4.69) is 19.8 Å². The molecule has 6 nitrogen and oxygen atoms in total. The van der Waals surface area contributed by atoms with E-state index in [4.69, 9.17) is 4.74 Å². The molecule has 0 N–H and O–H groups in total. The third-order valence-electron chi connectivity index (χ3n) is 6.03. The van der Waals surface area contributed by atoms with Crippen molar-refractivity contribution >= 4 is 11.9 Å². The number of rotatable bonds is 5. The average molecular weight is 380 g/mol. The van der Waals surface area contributed by atoms with Gasteiger partial charge < -0.3 is 14.5 Å². The molecule has 1 aromatic heterocycles. The number of carbonyl (C=O) groups is 1. The number of amides is 1. The van der Waals surface area contributed by atoms with Crippen molar-refractivity contribution in [2.24, 2.45) is 5.92 Å². The van der Waals surface area contributed by atoms with Crippen molar-refractivity contribution < 1.29 is 9.53 Å². The summed E-state index contributed by atoms with van der Waals surface area (Å²) in [6, 6.07) is 10.2. The molecule has 148 valence electrons. The predicted molar refractivity (Wildman–Crippen MR) is 109 cm³/mol. The van der Waals surface area contributed by atoms with Crippen LogP contribution in [0.4, 0.5) is 5.95 Å². The lowest BCUT2D eigenvalue weighted by Crippen LogP contribution is -2.50. The number of piperidine rings is 1. The van der Waals surface area contributed by atoms with Crippen LogP contribution in [0, 0.1) is 12.8 Å². The lowest BCUT2D eigenvalue weighted by atomic mass is 9.92. The summed E-state index contributed by atoms with van der Waals surface area (Å²) in [5.74, 6) is 2.50. The molecule has 28 heavy (non-hydrogen) atoms. The number of aryl methyl sites for hydroxylation is 2. The lowest BCUT2D eigenvalue weighted by molar-refractivity contribution is -0.132. The van der Waals surface area contributed by atoms with Crippen molar-refractivity contribution in [3.05, 3.63) is 47.8 Å². The van der Waals surface area contributed by atoms with E-state index in [-0.39, 0.29) is 11.9 Å². The molecule has 0 saturated carbocycles. The number of carbonyl (C=O) groups excluding carboxylic acids is 1. The van der Waals surface area contributed by atoms with Gasteiger partial charge in [0.2, 0.25) is 11.9 Å². The molecule has 3 heterocycles. The van der Waals surface area contributed by atoms with E-state index in [9.17, 15) is 4.79 Å². The quantitative estimate of drug-likeness (QED) is 0.798. The molecule has 2 aromatic rings. The topological polar surface area (TPSA) is 58.6 Å². The number of benzene rings is 1. The lowest BCUT2D eigenvalue weighted by Gasteiger charge is -2.38. The second-order valence-electron chi connectivity index (χ2n) is 7.78. The summed E-state index contributed by atoms with van der Waals surface area (Å²) in [4.78, 5) is 26.3. The summed E-state index contributed by atoms with van der Waals surface area (Å²) in [5.41, 5.74) is 2.15. The Morgan fingerprint density at radius 1 is 1.18 bits per heavy atom. The minimum absolute atomic E-state index is 0.260.